The monoisotopic (exact) mass is 246 g/mol. The van der Waals surface area contributed by atoms with E-state index in [1.165, 1.54) is 38.5 Å². The van der Waals surface area contributed by atoms with Crippen molar-refractivity contribution in [3.05, 3.63) is 0 Å². The maximum absolute atomic E-state index is 10.1. The summed E-state index contributed by atoms with van der Waals surface area (Å²) in [6, 6.07) is 0. The molecule has 0 aliphatic carbocycles. The first-order valence-electron chi connectivity index (χ1n) is 5.59. The van der Waals surface area contributed by atoms with Gasteiger partial charge in [0.15, 0.2) is 0 Å². The summed E-state index contributed by atoms with van der Waals surface area (Å²) in [5, 5.41) is 20.3. The van der Waals surface area contributed by atoms with Crippen molar-refractivity contribution in [2.24, 2.45) is 0 Å². The molecule has 0 aromatic heterocycles. The second kappa shape index (κ2) is 19.0. The zero-order valence-corrected chi connectivity index (χ0v) is 15.9. The molecule has 0 saturated carbocycles. The molecule has 0 aromatic carbocycles. The van der Waals surface area contributed by atoms with Gasteiger partial charge in [0.2, 0.25) is 0 Å². The van der Waals surface area contributed by atoms with Crippen LogP contribution < -0.4 is 91.0 Å². The summed E-state index contributed by atoms with van der Waals surface area (Å²) >= 11 is 0. The Kier molecular flexibility index (Phi) is 28.8. The van der Waals surface area contributed by atoms with E-state index in [0.29, 0.717) is 6.32 Å². The van der Waals surface area contributed by atoms with Gasteiger partial charge in [-0.05, 0) is 0 Å². The van der Waals surface area contributed by atoms with Gasteiger partial charge < -0.3 is 10.0 Å². The molecule has 0 amide bonds. The Hall–Kier alpha value is 2.62. The third-order valence-electron chi connectivity index (χ3n) is 2.29. The van der Waals surface area contributed by atoms with E-state index < -0.39 is 7.12 Å². The summed E-state index contributed by atoms with van der Waals surface area (Å²) in [4.78, 5) is 0. The fourth-order valence-corrected chi connectivity index (χ4v) is 1.44. The Morgan fingerprint density at radius 3 is 1.60 bits per heavy atom. The smallest absolute Gasteiger partial charge is 0.893 e. The van der Waals surface area contributed by atoms with Crippen molar-refractivity contribution in [3.63, 3.8) is 0 Å². The van der Waals surface area contributed by atoms with Crippen molar-refractivity contribution in [1.82, 2.24) is 0 Å². The van der Waals surface area contributed by atoms with Gasteiger partial charge >= 0.3 is 80.9 Å². The van der Waals surface area contributed by atoms with Crippen molar-refractivity contribution in [2.75, 3.05) is 0 Å². The maximum atomic E-state index is 10.1. The van der Waals surface area contributed by atoms with E-state index in [2.05, 4.69) is 6.92 Å². The Morgan fingerprint density at radius 2 is 1.20 bits per heavy atom. The van der Waals surface area contributed by atoms with Crippen LogP contribution >= 0.6 is 0 Å². The molecule has 0 bridgehead atoms. The van der Waals surface area contributed by atoms with Crippen molar-refractivity contribution in [3.8, 4) is 0 Å². The van der Waals surface area contributed by atoms with Crippen molar-refractivity contribution in [2.45, 2.75) is 64.6 Å². The van der Waals surface area contributed by atoms with Crippen LogP contribution in [0.3, 0.4) is 0 Å². The van der Waals surface area contributed by atoms with E-state index in [9.17, 15) is 10.0 Å². The molecule has 0 aliphatic rings. The van der Waals surface area contributed by atoms with Crippen molar-refractivity contribution >= 4 is 7.12 Å². The minimum atomic E-state index is -1.60. The van der Waals surface area contributed by atoms with Crippen molar-refractivity contribution in [1.29, 1.82) is 0 Å². The second-order valence-electron chi connectivity index (χ2n) is 3.69. The predicted octanol–water partition coefficient (Wildman–Crippen LogP) is -4.66. The van der Waals surface area contributed by atoms with Gasteiger partial charge in [0.05, 0.1) is 0 Å². The zero-order valence-electron chi connectivity index (χ0n) is 10.8. The van der Waals surface area contributed by atoms with Gasteiger partial charge in [0, 0.05) is 0 Å². The van der Waals surface area contributed by atoms with E-state index in [4.69, 9.17) is 0 Å². The standard InChI is InChI=1S/C10H21BO2.K.Na/c1-2-3-4-5-6-7-8-9-10-11(12)13;;/h2-10H2,1H3;;/q-2;2*+1. The van der Waals surface area contributed by atoms with Gasteiger partial charge in [-0.3, -0.25) is 0 Å². The fraction of sp³-hybridized carbons (Fsp3) is 1.00. The Labute approximate surface area is 160 Å². The molecule has 0 N–H and O–H groups in total. The molecule has 0 saturated heterocycles. The third kappa shape index (κ3) is 22.3. The Morgan fingerprint density at radius 1 is 0.800 bits per heavy atom. The summed E-state index contributed by atoms with van der Waals surface area (Å²) in [5.41, 5.74) is 0. The quantitative estimate of drug-likeness (QED) is 0.303. The van der Waals surface area contributed by atoms with Gasteiger partial charge in [-0.25, -0.2) is 0 Å². The van der Waals surface area contributed by atoms with Crippen LogP contribution in [0.1, 0.15) is 58.3 Å². The Bertz CT molecular complexity index is 107. The van der Waals surface area contributed by atoms with Crippen LogP contribution in [-0.2, 0) is 0 Å². The summed E-state index contributed by atoms with van der Waals surface area (Å²) in [6.07, 6.45) is 9.93. The van der Waals surface area contributed by atoms with Crippen LogP contribution in [0.4, 0.5) is 0 Å². The molecule has 0 aliphatic heterocycles. The van der Waals surface area contributed by atoms with Gasteiger partial charge in [0.25, 0.3) is 0 Å². The second-order valence-corrected chi connectivity index (χ2v) is 3.69. The topological polar surface area (TPSA) is 46.1 Å². The Balaban J connectivity index is -0.000000720. The maximum Gasteiger partial charge on any atom is 1.00 e. The van der Waals surface area contributed by atoms with Crippen LogP contribution in [0, 0.1) is 0 Å². The average molecular weight is 246 g/mol. The molecule has 78 valence electrons. The minimum Gasteiger partial charge on any atom is -0.893 e. The molecule has 0 fully saturated rings. The van der Waals surface area contributed by atoms with Crippen LogP contribution in [0.15, 0.2) is 0 Å². The molecule has 2 nitrogen and oxygen atoms in total. The summed E-state index contributed by atoms with van der Waals surface area (Å²) in [6.45, 7) is 2.21. The number of unbranched alkanes of at least 4 members (excludes halogenated alkanes) is 7. The first-order chi connectivity index (χ1) is 6.27. The SMILES string of the molecule is CCCCCCCCCCB([O-])[O-].[K+].[Na+]. The number of hydrogen-bond donors (Lipinski definition) is 0. The summed E-state index contributed by atoms with van der Waals surface area (Å²) in [7, 11) is -1.60. The van der Waals surface area contributed by atoms with Crippen molar-refractivity contribution < 1.29 is 91.0 Å². The number of hydrogen-bond acceptors (Lipinski definition) is 2. The summed E-state index contributed by atoms with van der Waals surface area (Å²) in [5.74, 6) is 0. The van der Waals surface area contributed by atoms with E-state index in [1.807, 2.05) is 0 Å². The largest absolute Gasteiger partial charge is 1.00 e. The van der Waals surface area contributed by atoms with Crippen LogP contribution in [0.5, 0.6) is 0 Å². The first kappa shape index (κ1) is 22.8. The van der Waals surface area contributed by atoms with Crippen LogP contribution in [0.2, 0.25) is 6.32 Å². The molecule has 5 heteroatoms. The van der Waals surface area contributed by atoms with Crippen LogP contribution in [-0.4, -0.2) is 7.12 Å². The van der Waals surface area contributed by atoms with E-state index in [0.717, 1.165) is 12.8 Å². The molecule has 0 spiro atoms. The van der Waals surface area contributed by atoms with E-state index in [1.54, 1.807) is 0 Å². The zero-order chi connectivity index (χ0) is 9.94. The molecule has 0 rings (SSSR count). The molecule has 0 unspecified atom stereocenters. The van der Waals surface area contributed by atoms with Crippen LogP contribution in [0.25, 0.3) is 0 Å². The van der Waals surface area contributed by atoms with Gasteiger partial charge in [-0.15, -0.1) is 13.4 Å². The van der Waals surface area contributed by atoms with E-state index >= 15 is 0 Å². The predicted molar refractivity (Wildman–Crippen MR) is 53.2 cm³/mol. The molecule has 0 heterocycles. The first-order valence-corrected chi connectivity index (χ1v) is 5.59. The molecular weight excluding hydrogens is 225 g/mol. The van der Waals surface area contributed by atoms with E-state index in [-0.39, 0.29) is 80.9 Å². The van der Waals surface area contributed by atoms with Gasteiger partial charge in [0.1, 0.15) is 0 Å². The molecule has 0 radical (unpaired) electrons. The number of rotatable bonds is 9. The average Bonchev–Trinajstić information content (AvgIpc) is 2.09. The van der Waals surface area contributed by atoms with Gasteiger partial charge in [-0.2, -0.15) is 0 Å². The normalized spacial score (nSPS) is 9.00. The van der Waals surface area contributed by atoms with Gasteiger partial charge in [-0.1, -0.05) is 58.3 Å². The third-order valence-corrected chi connectivity index (χ3v) is 2.29. The molecule has 0 aromatic rings. The molecule has 15 heavy (non-hydrogen) atoms. The molecular formula is C10H21BKNaO2. The summed E-state index contributed by atoms with van der Waals surface area (Å²) < 4.78 is 0. The minimum absolute atomic E-state index is 0. The molecule has 0 atom stereocenters. The fourth-order valence-electron chi connectivity index (χ4n) is 1.44.